The summed E-state index contributed by atoms with van der Waals surface area (Å²) in [6.07, 6.45) is 1.58. The first kappa shape index (κ1) is 12.9. The van der Waals surface area contributed by atoms with E-state index in [1.54, 1.807) is 0 Å². The van der Waals surface area contributed by atoms with Crippen LogP contribution in [0.4, 0.5) is 0 Å². The third-order valence-electron chi connectivity index (χ3n) is 2.01. The Balaban J connectivity index is 3.81. The van der Waals surface area contributed by atoms with Gasteiger partial charge >= 0.3 is 0 Å². The SMILES string of the molecule is CC(C)CCS(=O)(=O)CCC(C)C. The van der Waals surface area contributed by atoms with Gasteiger partial charge in [-0.15, -0.1) is 0 Å². The normalized spacial score (nSPS) is 12.8. The second kappa shape index (κ2) is 5.63. The van der Waals surface area contributed by atoms with Gasteiger partial charge in [0.1, 0.15) is 9.84 Å². The zero-order valence-electron chi connectivity index (χ0n) is 9.21. The fraction of sp³-hybridized carbons (Fsp3) is 1.00. The van der Waals surface area contributed by atoms with Crippen molar-refractivity contribution in [1.82, 2.24) is 0 Å². The molecule has 80 valence electrons. The summed E-state index contributed by atoms with van der Waals surface area (Å²) in [6, 6.07) is 0. The van der Waals surface area contributed by atoms with Crippen LogP contribution in [0, 0.1) is 11.8 Å². The lowest BCUT2D eigenvalue weighted by molar-refractivity contribution is 0.559. The van der Waals surface area contributed by atoms with Crippen LogP contribution < -0.4 is 0 Å². The minimum absolute atomic E-state index is 0.359. The first-order valence-electron chi connectivity index (χ1n) is 5.04. The molecule has 0 rings (SSSR count). The molecule has 3 heteroatoms. The summed E-state index contributed by atoms with van der Waals surface area (Å²) in [7, 11) is -2.77. The van der Waals surface area contributed by atoms with E-state index in [9.17, 15) is 8.42 Å². The Morgan fingerprint density at radius 2 is 1.15 bits per heavy atom. The van der Waals surface area contributed by atoms with E-state index >= 15 is 0 Å². The van der Waals surface area contributed by atoms with Gasteiger partial charge in [-0.1, -0.05) is 27.7 Å². The summed E-state index contributed by atoms with van der Waals surface area (Å²) in [5, 5.41) is 0. The van der Waals surface area contributed by atoms with Gasteiger partial charge in [-0.2, -0.15) is 0 Å². The maximum absolute atomic E-state index is 11.4. The van der Waals surface area contributed by atoms with Crippen LogP contribution in [0.1, 0.15) is 40.5 Å². The van der Waals surface area contributed by atoms with Crippen molar-refractivity contribution in [2.24, 2.45) is 11.8 Å². The molecule has 13 heavy (non-hydrogen) atoms. The maximum atomic E-state index is 11.4. The fourth-order valence-corrected chi connectivity index (χ4v) is 2.80. The van der Waals surface area contributed by atoms with E-state index in [2.05, 4.69) is 27.7 Å². The lowest BCUT2D eigenvalue weighted by atomic mass is 10.2. The molecule has 0 aromatic rings. The highest BCUT2D eigenvalue weighted by Gasteiger charge is 2.11. The summed E-state index contributed by atoms with van der Waals surface area (Å²) >= 11 is 0. The number of sulfone groups is 1. The number of hydrogen-bond donors (Lipinski definition) is 0. The summed E-state index contributed by atoms with van der Waals surface area (Å²) < 4.78 is 22.9. The topological polar surface area (TPSA) is 34.1 Å². The Bertz CT molecular complexity index is 197. The molecule has 2 nitrogen and oxygen atoms in total. The second-order valence-electron chi connectivity index (χ2n) is 4.52. The third kappa shape index (κ3) is 8.28. The fourth-order valence-electron chi connectivity index (χ4n) is 0.933. The van der Waals surface area contributed by atoms with E-state index < -0.39 is 9.84 Å². The van der Waals surface area contributed by atoms with Gasteiger partial charge in [0.05, 0.1) is 11.5 Å². The van der Waals surface area contributed by atoms with Gasteiger partial charge < -0.3 is 0 Å². The molecule has 0 saturated heterocycles. The molecule has 0 amide bonds. The van der Waals surface area contributed by atoms with E-state index in [-0.39, 0.29) is 0 Å². The smallest absolute Gasteiger partial charge is 0.150 e. The van der Waals surface area contributed by atoms with Crippen LogP contribution in [0.25, 0.3) is 0 Å². The molecule has 0 saturated carbocycles. The molecule has 0 aliphatic heterocycles. The van der Waals surface area contributed by atoms with Crippen molar-refractivity contribution in [2.45, 2.75) is 40.5 Å². The van der Waals surface area contributed by atoms with Gasteiger partial charge in [-0.25, -0.2) is 8.42 Å². The average molecular weight is 206 g/mol. The van der Waals surface area contributed by atoms with Crippen molar-refractivity contribution >= 4 is 9.84 Å². The number of rotatable bonds is 6. The number of hydrogen-bond acceptors (Lipinski definition) is 2. The van der Waals surface area contributed by atoms with Crippen molar-refractivity contribution in [3.63, 3.8) is 0 Å². The average Bonchev–Trinajstić information content (AvgIpc) is 1.98. The Labute approximate surface area is 82.6 Å². The van der Waals surface area contributed by atoms with Gasteiger partial charge in [0.2, 0.25) is 0 Å². The zero-order valence-corrected chi connectivity index (χ0v) is 10.0. The predicted octanol–water partition coefficient (Wildman–Crippen LogP) is 2.49. The molecule has 0 radical (unpaired) electrons. The minimum Gasteiger partial charge on any atom is -0.229 e. The Hall–Kier alpha value is -0.0500. The van der Waals surface area contributed by atoms with E-state index in [0.717, 1.165) is 12.8 Å². The van der Waals surface area contributed by atoms with Crippen LogP contribution in [-0.4, -0.2) is 19.9 Å². The molecule has 0 bridgehead atoms. The molecule has 0 fully saturated rings. The first-order valence-corrected chi connectivity index (χ1v) is 6.86. The molecule has 0 heterocycles. The Morgan fingerprint density at radius 3 is 1.38 bits per heavy atom. The largest absolute Gasteiger partial charge is 0.229 e. The molecule has 0 aromatic heterocycles. The van der Waals surface area contributed by atoms with Gasteiger partial charge in [0.15, 0.2) is 0 Å². The van der Waals surface area contributed by atoms with Crippen LogP contribution in [0.15, 0.2) is 0 Å². The van der Waals surface area contributed by atoms with Gasteiger partial charge in [0, 0.05) is 0 Å². The van der Waals surface area contributed by atoms with Gasteiger partial charge in [0.25, 0.3) is 0 Å². The standard InChI is InChI=1S/C10H22O2S/c1-9(2)5-7-13(11,12)8-6-10(3)4/h9-10H,5-8H2,1-4H3. The van der Waals surface area contributed by atoms with E-state index in [1.807, 2.05) is 0 Å². The summed E-state index contributed by atoms with van der Waals surface area (Å²) in [5.74, 6) is 1.68. The molecule has 0 aliphatic carbocycles. The van der Waals surface area contributed by atoms with Crippen LogP contribution in [0.5, 0.6) is 0 Å². The van der Waals surface area contributed by atoms with E-state index in [0.29, 0.717) is 23.3 Å². The Kier molecular flexibility index (Phi) is 5.61. The van der Waals surface area contributed by atoms with Crippen molar-refractivity contribution in [3.05, 3.63) is 0 Å². The predicted molar refractivity (Wildman–Crippen MR) is 57.6 cm³/mol. The molecule has 0 unspecified atom stereocenters. The van der Waals surface area contributed by atoms with E-state index in [4.69, 9.17) is 0 Å². The van der Waals surface area contributed by atoms with Crippen LogP contribution in [-0.2, 0) is 9.84 Å². The summed E-state index contributed by atoms with van der Waals surface area (Å²) in [5.41, 5.74) is 0. The lowest BCUT2D eigenvalue weighted by Gasteiger charge is -2.07. The molecular formula is C10H22O2S. The highest BCUT2D eigenvalue weighted by Crippen LogP contribution is 2.07. The van der Waals surface area contributed by atoms with Crippen molar-refractivity contribution in [2.75, 3.05) is 11.5 Å². The molecule has 0 aliphatic rings. The molecule has 0 spiro atoms. The lowest BCUT2D eigenvalue weighted by Crippen LogP contribution is -2.14. The summed E-state index contributed by atoms with van der Waals surface area (Å²) in [6.45, 7) is 8.21. The second-order valence-corrected chi connectivity index (χ2v) is 6.82. The van der Waals surface area contributed by atoms with Crippen molar-refractivity contribution in [3.8, 4) is 0 Å². The van der Waals surface area contributed by atoms with Crippen LogP contribution in [0.3, 0.4) is 0 Å². The Morgan fingerprint density at radius 1 is 0.846 bits per heavy atom. The molecule has 0 aromatic carbocycles. The molecule has 0 atom stereocenters. The zero-order chi connectivity index (χ0) is 10.5. The first-order chi connectivity index (χ1) is 5.83. The third-order valence-corrected chi connectivity index (χ3v) is 3.73. The molecule has 0 N–H and O–H groups in total. The highest BCUT2D eigenvalue weighted by atomic mass is 32.2. The highest BCUT2D eigenvalue weighted by molar-refractivity contribution is 7.91. The monoisotopic (exact) mass is 206 g/mol. The van der Waals surface area contributed by atoms with Crippen molar-refractivity contribution in [1.29, 1.82) is 0 Å². The summed E-state index contributed by atoms with van der Waals surface area (Å²) in [4.78, 5) is 0. The van der Waals surface area contributed by atoms with Crippen LogP contribution >= 0.6 is 0 Å². The van der Waals surface area contributed by atoms with Crippen molar-refractivity contribution < 1.29 is 8.42 Å². The van der Waals surface area contributed by atoms with Gasteiger partial charge in [-0.3, -0.25) is 0 Å². The van der Waals surface area contributed by atoms with Crippen LogP contribution in [0.2, 0.25) is 0 Å². The maximum Gasteiger partial charge on any atom is 0.150 e. The molecular weight excluding hydrogens is 184 g/mol. The minimum atomic E-state index is -2.77. The quantitative estimate of drug-likeness (QED) is 0.669. The van der Waals surface area contributed by atoms with E-state index in [1.165, 1.54) is 0 Å². The van der Waals surface area contributed by atoms with Gasteiger partial charge in [-0.05, 0) is 24.7 Å².